The molecule has 0 saturated carbocycles. The third-order valence-corrected chi connectivity index (χ3v) is 3.04. The lowest BCUT2D eigenvalue weighted by molar-refractivity contribution is 1.04. The number of nitrogens with zero attached hydrogens (tertiary/aromatic N) is 2. The summed E-state index contributed by atoms with van der Waals surface area (Å²) in [7, 11) is 0. The summed E-state index contributed by atoms with van der Waals surface area (Å²) in [6.45, 7) is 0. The van der Waals surface area contributed by atoms with E-state index in [4.69, 9.17) is 11.6 Å². The molecule has 1 N–H and O–H groups in total. The van der Waals surface area contributed by atoms with E-state index in [-0.39, 0.29) is 0 Å². The van der Waals surface area contributed by atoms with Gasteiger partial charge in [0.15, 0.2) is 0 Å². The van der Waals surface area contributed by atoms with Crippen molar-refractivity contribution in [1.82, 2.24) is 15.0 Å². The minimum Gasteiger partial charge on any atom is -0.339 e. The van der Waals surface area contributed by atoms with E-state index in [1.165, 1.54) is 11.9 Å². The number of hydrogen-bond donors (Lipinski definition) is 1. The standard InChI is InChI=1S/C12H10ClN3/c13-11-9-6-10(8-4-2-1-3-5-8)16-12(9)15-7-14-11/h1-2,4,6-7H,3,5H2,(H,14,15,16). The number of fused-ring (bicyclic) bond motifs is 1. The molecule has 16 heavy (non-hydrogen) atoms. The Hall–Kier alpha value is -1.61. The molecule has 0 saturated heterocycles. The first-order valence-corrected chi connectivity index (χ1v) is 5.58. The summed E-state index contributed by atoms with van der Waals surface area (Å²) in [5.74, 6) is 0. The van der Waals surface area contributed by atoms with Crippen LogP contribution in [0.3, 0.4) is 0 Å². The van der Waals surface area contributed by atoms with Crippen molar-refractivity contribution in [2.75, 3.05) is 0 Å². The van der Waals surface area contributed by atoms with Gasteiger partial charge in [-0.05, 0) is 24.5 Å². The quantitative estimate of drug-likeness (QED) is 0.765. The van der Waals surface area contributed by atoms with Crippen molar-refractivity contribution >= 4 is 28.2 Å². The minimum atomic E-state index is 0.499. The van der Waals surface area contributed by atoms with E-state index < -0.39 is 0 Å². The van der Waals surface area contributed by atoms with Gasteiger partial charge in [0.25, 0.3) is 0 Å². The number of H-pyrrole nitrogens is 1. The second-order valence-electron chi connectivity index (χ2n) is 3.77. The molecule has 0 unspecified atom stereocenters. The highest BCUT2D eigenvalue weighted by Crippen LogP contribution is 2.27. The van der Waals surface area contributed by atoms with Crippen molar-refractivity contribution in [3.8, 4) is 0 Å². The van der Waals surface area contributed by atoms with Crippen molar-refractivity contribution < 1.29 is 0 Å². The zero-order valence-electron chi connectivity index (χ0n) is 8.57. The van der Waals surface area contributed by atoms with E-state index in [2.05, 4.69) is 33.2 Å². The number of aromatic nitrogens is 3. The maximum atomic E-state index is 6.00. The summed E-state index contributed by atoms with van der Waals surface area (Å²) in [6, 6.07) is 2.02. The fraction of sp³-hybridized carbons (Fsp3) is 0.167. The van der Waals surface area contributed by atoms with Gasteiger partial charge >= 0.3 is 0 Å². The van der Waals surface area contributed by atoms with E-state index >= 15 is 0 Å². The van der Waals surface area contributed by atoms with Gasteiger partial charge in [-0.2, -0.15) is 0 Å². The summed E-state index contributed by atoms with van der Waals surface area (Å²) in [5, 5.41) is 1.38. The zero-order chi connectivity index (χ0) is 11.0. The van der Waals surface area contributed by atoms with Crippen LogP contribution in [0.25, 0.3) is 16.6 Å². The Bertz CT molecular complexity index is 595. The van der Waals surface area contributed by atoms with Crippen LogP contribution in [-0.2, 0) is 0 Å². The highest BCUT2D eigenvalue weighted by atomic mass is 35.5. The molecule has 0 aliphatic heterocycles. The predicted molar refractivity (Wildman–Crippen MR) is 65.2 cm³/mol. The third-order valence-electron chi connectivity index (χ3n) is 2.74. The Morgan fingerprint density at radius 1 is 1.31 bits per heavy atom. The Labute approximate surface area is 97.9 Å². The van der Waals surface area contributed by atoms with E-state index in [0.717, 1.165) is 29.6 Å². The predicted octanol–water partition coefficient (Wildman–Crippen LogP) is 3.34. The Morgan fingerprint density at radius 3 is 3.00 bits per heavy atom. The second kappa shape index (κ2) is 3.76. The molecule has 4 heteroatoms. The number of aromatic amines is 1. The highest BCUT2D eigenvalue weighted by Gasteiger charge is 2.09. The van der Waals surface area contributed by atoms with Gasteiger partial charge in [0.2, 0.25) is 0 Å². The molecule has 0 fully saturated rings. The normalized spacial score (nSPS) is 15.4. The summed E-state index contributed by atoms with van der Waals surface area (Å²) in [4.78, 5) is 11.4. The van der Waals surface area contributed by atoms with Crippen molar-refractivity contribution in [2.24, 2.45) is 0 Å². The lowest BCUT2D eigenvalue weighted by atomic mass is 10.0. The van der Waals surface area contributed by atoms with Gasteiger partial charge in [-0.15, -0.1) is 0 Å². The molecule has 2 heterocycles. The Morgan fingerprint density at radius 2 is 2.25 bits per heavy atom. The van der Waals surface area contributed by atoms with Crippen LogP contribution >= 0.6 is 11.6 Å². The monoisotopic (exact) mass is 231 g/mol. The topological polar surface area (TPSA) is 41.6 Å². The summed E-state index contributed by atoms with van der Waals surface area (Å²) in [6.07, 6.45) is 9.97. The third kappa shape index (κ3) is 1.53. The summed E-state index contributed by atoms with van der Waals surface area (Å²) in [5.41, 5.74) is 3.17. The van der Waals surface area contributed by atoms with Gasteiger partial charge in [0.1, 0.15) is 17.1 Å². The summed E-state index contributed by atoms with van der Waals surface area (Å²) >= 11 is 6.00. The molecule has 0 aromatic carbocycles. The Kier molecular flexibility index (Phi) is 2.26. The van der Waals surface area contributed by atoms with Crippen LogP contribution in [0.15, 0.2) is 30.6 Å². The maximum absolute atomic E-state index is 6.00. The second-order valence-corrected chi connectivity index (χ2v) is 4.13. The minimum absolute atomic E-state index is 0.499. The van der Waals surface area contributed by atoms with Gasteiger partial charge in [-0.25, -0.2) is 9.97 Å². The van der Waals surface area contributed by atoms with E-state index in [1.807, 2.05) is 6.07 Å². The largest absolute Gasteiger partial charge is 0.339 e. The van der Waals surface area contributed by atoms with Crippen molar-refractivity contribution in [3.63, 3.8) is 0 Å². The lowest BCUT2D eigenvalue weighted by Gasteiger charge is -2.05. The first-order valence-electron chi connectivity index (χ1n) is 5.20. The molecule has 2 aromatic rings. The van der Waals surface area contributed by atoms with Gasteiger partial charge in [-0.3, -0.25) is 0 Å². The van der Waals surface area contributed by atoms with Crippen LogP contribution in [-0.4, -0.2) is 15.0 Å². The molecule has 0 amide bonds. The molecule has 0 spiro atoms. The number of allylic oxidation sites excluding steroid dienone is 4. The fourth-order valence-corrected chi connectivity index (χ4v) is 2.10. The number of rotatable bonds is 1. The van der Waals surface area contributed by atoms with Crippen LogP contribution in [0.1, 0.15) is 18.5 Å². The molecule has 2 aromatic heterocycles. The van der Waals surface area contributed by atoms with Gasteiger partial charge in [0, 0.05) is 5.69 Å². The smallest absolute Gasteiger partial charge is 0.142 e. The van der Waals surface area contributed by atoms with Crippen molar-refractivity contribution in [1.29, 1.82) is 0 Å². The molecular weight excluding hydrogens is 222 g/mol. The molecule has 0 atom stereocenters. The number of hydrogen-bond acceptors (Lipinski definition) is 2. The lowest BCUT2D eigenvalue weighted by Crippen LogP contribution is -1.87. The zero-order valence-corrected chi connectivity index (χ0v) is 9.33. The molecule has 80 valence electrons. The van der Waals surface area contributed by atoms with Gasteiger partial charge in [0.05, 0.1) is 5.39 Å². The number of halogens is 1. The maximum Gasteiger partial charge on any atom is 0.142 e. The number of nitrogens with one attached hydrogen (secondary N) is 1. The average Bonchev–Trinajstić information content (AvgIpc) is 2.76. The van der Waals surface area contributed by atoms with Crippen molar-refractivity contribution in [2.45, 2.75) is 12.8 Å². The van der Waals surface area contributed by atoms with Crippen LogP contribution in [0.5, 0.6) is 0 Å². The average molecular weight is 232 g/mol. The first-order chi connectivity index (χ1) is 7.84. The fourth-order valence-electron chi connectivity index (χ4n) is 1.91. The molecule has 1 aliphatic carbocycles. The molecular formula is C12H10ClN3. The van der Waals surface area contributed by atoms with E-state index in [9.17, 15) is 0 Å². The van der Waals surface area contributed by atoms with E-state index in [0.29, 0.717) is 5.15 Å². The Balaban J connectivity index is 2.15. The SMILES string of the molecule is Clc1ncnc2[nH]c(C3=CC=CCC3)cc12. The first kappa shape index (κ1) is 9.60. The van der Waals surface area contributed by atoms with Gasteiger partial charge in [-0.1, -0.05) is 29.8 Å². The molecule has 0 radical (unpaired) electrons. The van der Waals surface area contributed by atoms with Crippen LogP contribution in [0.4, 0.5) is 0 Å². The molecule has 3 nitrogen and oxygen atoms in total. The van der Waals surface area contributed by atoms with E-state index in [1.54, 1.807) is 0 Å². The molecule has 3 rings (SSSR count). The molecule has 1 aliphatic rings. The van der Waals surface area contributed by atoms with Crippen molar-refractivity contribution in [3.05, 3.63) is 41.5 Å². The van der Waals surface area contributed by atoms with Crippen LogP contribution in [0.2, 0.25) is 5.15 Å². The molecule has 0 bridgehead atoms. The summed E-state index contributed by atoms with van der Waals surface area (Å²) < 4.78 is 0. The van der Waals surface area contributed by atoms with Gasteiger partial charge < -0.3 is 4.98 Å². The van der Waals surface area contributed by atoms with Crippen LogP contribution < -0.4 is 0 Å². The highest BCUT2D eigenvalue weighted by molar-refractivity contribution is 6.34. The van der Waals surface area contributed by atoms with Crippen LogP contribution in [0, 0.1) is 0 Å².